The molecule has 3 nitrogen and oxygen atoms in total. The molecule has 0 bridgehead atoms. The van der Waals surface area contributed by atoms with Crippen molar-refractivity contribution in [1.29, 1.82) is 0 Å². The molecular formula is C9H15N3. The first-order valence-corrected chi connectivity index (χ1v) is 4.56. The Morgan fingerprint density at radius 1 is 1.75 bits per heavy atom. The van der Waals surface area contributed by atoms with E-state index in [9.17, 15) is 0 Å². The fraction of sp³-hybridized carbons (Fsp3) is 0.667. The molecule has 1 N–H and O–H groups in total. The summed E-state index contributed by atoms with van der Waals surface area (Å²) in [5, 5.41) is 7.82. The van der Waals surface area contributed by atoms with E-state index in [0.717, 1.165) is 6.42 Å². The molecule has 1 aliphatic heterocycles. The van der Waals surface area contributed by atoms with Crippen LogP contribution in [0.3, 0.4) is 0 Å². The lowest BCUT2D eigenvalue weighted by Gasteiger charge is -2.06. The fourth-order valence-electron chi connectivity index (χ4n) is 1.76. The van der Waals surface area contributed by atoms with E-state index >= 15 is 0 Å². The second-order valence-corrected chi connectivity index (χ2v) is 3.48. The Hall–Kier alpha value is -0.830. The van der Waals surface area contributed by atoms with Gasteiger partial charge < -0.3 is 5.32 Å². The lowest BCUT2D eigenvalue weighted by atomic mass is 10.1. The molecule has 3 heteroatoms. The quantitative estimate of drug-likeness (QED) is 0.699. The van der Waals surface area contributed by atoms with Crippen molar-refractivity contribution < 1.29 is 0 Å². The van der Waals surface area contributed by atoms with Gasteiger partial charge in [0.15, 0.2) is 0 Å². The van der Waals surface area contributed by atoms with Gasteiger partial charge in [-0.05, 0) is 25.5 Å². The largest absolute Gasteiger partial charge is 0.314 e. The van der Waals surface area contributed by atoms with Gasteiger partial charge in [-0.3, -0.25) is 4.68 Å². The van der Waals surface area contributed by atoms with E-state index in [-0.39, 0.29) is 0 Å². The Kier molecular flexibility index (Phi) is 2.13. The third kappa shape index (κ3) is 1.67. The highest BCUT2D eigenvalue weighted by molar-refractivity contribution is 5.01. The van der Waals surface area contributed by atoms with Crippen LogP contribution in [0.1, 0.15) is 18.5 Å². The second kappa shape index (κ2) is 3.27. The first-order valence-electron chi connectivity index (χ1n) is 4.56. The predicted octanol–water partition coefficient (Wildman–Crippen LogP) is 0.715. The van der Waals surface area contributed by atoms with Crippen molar-refractivity contribution in [3.63, 3.8) is 0 Å². The van der Waals surface area contributed by atoms with Crippen LogP contribution in [0.25, 0.3) is 0 Å². The molecule has 1 fully saturated rings. The highest BCUT2D eigenvalue weighted by Gasteiger charge is 2.14. The Balaban J connectivity index is 1.94. The Morgan fingerprint density at radius 3 is 3.25 bits per heavy atom. The summed E-state index contributed by atoms with van der Waals surface area (Å²) in [5.74, 6) is 0. The summed E-state index contributed by atoms with van der Waals surface area (Å²) < 4.78 is 1.87. The predicted molar refractivity (Wildman–Crippen MR) is 47.9 cm³/mol. The van der Waals surface area contributed by atoms with E-state index in [1.807, 2.05) is 17.9 Å². The lowest BCUT2D eigenvalue weighted by Crippen LogP contribution is -2.23. The SMILES string of the molecule is Cn1ccc(CC2CCCN2)n1. The average molecular weight is 165 g/mol. The van der Waals surface area contributed by atoms with Gasteiger partial charge in [-0.1, -0.05) is 0 Å². The van der Waals surface area contributed by atoms with Gasteiger partial charge in [0, 0.05) is 25.7 Å². The maximum absolute atomic E-state index is 4.35. The van der Waals surface area contributed by atoms with Crippen LogP contribution in [0.4, 0.5) is 0 Å². The van der Waals surface area contributed by atoms with Crippen LogP contribution in [0.5, 0.6) is 0 Å². The topological polar surface area (TPSA) is 29.9 Å². The molecule has 0 aliphatic carbocycles. The first-order chi connectivity index (χ1) is 5.84. The van der Waals surface area contributed by atoms with Crippen molar-refractivity contribution in [2.24, 2.45) is 7.05 Å². The number of rotatable bonds is 2. The molecule has 2 rings (SSSR count). The molecule has 1 aliphatic rings. The third-order valence-electron chi connectivity index (χ3n) is 2.39. The van der Waals surface area contributed by atoms with Gasteiger partial charge in [0.1, 0.15) is 0 Å². The van der Waals surface area contributed by atoms with Crippen LogP contribution in [-0.4, -0.2) is 22.4 Å². The lowest BCUT2D eigenvalue weighted by molar-refractivity contribution is 0.587. The molecule has 12 heavy (non-hydrogen) atoms. The standard InChI is InChI=1S/C9H15N3/c1-12-6-4-9(11-12)7-8-3-2-5-10-8/h4,6,8,10H,2-3,5,7H2,1H3. The van der Waals surface area contributed by atoms with Crippen molar-refractivity contribution in [3.8, 4) is 0 Å². The molecule has 0 spiro atoms. The smallest absolute Gasteiger partial charge is 0.0639 e. The van der Waals surface area contributed by atoms with E-state index < -0.39 is 0 Å². The van der Waals surface area contributed by atoms with Gasteiger partial charge in [0.25, 0.3) is 0 Å². The fourth-order valence-corrected chi connectivity index (χ4v) is 1.76. The van der Waals surface area contributed by atoms with Gasteiger partial charge >= 0.3 is 0 Å². The second-order valence-electron chi connectivity index (χ2n) is 3.48. The van der Waals surface area contributed by atoms with E-state index in [0.29, 0.717) is 6.04 Å². The number of nitrogens with zero attached hydrogens (tertiary/aromatic N) is 2. The van der Waals surface area contributed by atoms with Crippen molar-refractivity contribution in [1.82, 2.24) is 15.1 Å². The maximum Gasteiger partial charge on any atom is 0.0639 e. The molecule has 2 heterocycles. The first kappa shape index (κ1) is 7.80. The molecule has 1 unspecified atom stereocenters. The van der Waals surface area contributed by atoms with Crippen LogP contribution in [0, 0.1) is 0 Å². The molecule has 0 amide bonds. The van der Waals surface area contributed by atoms with Crippen LogP contribution in [0.15, 0.2) is 12.3 Å². The zero-order chi connectivity index (χ0) is 8.39. The van der Waals surface area contributed by atoms with Crippen LogP contribution < -0.4 is 5.32 Å². The van der Waals surface area contributed by atoms with Crippen molar-refractivity contribution in [2.45, 2.75) is 25.3 Å². The van der Waals surface area contributed by atoms with Crippen LogP contribution in [-0.2, 0) is 13.5 Å². The summed E-state index contributed by atoms with van der Waals surface area (Å²) in [6.45, 7) is 1.18. The number of aromatic nitrogens is 2. The van der Waals surface area contributed by atoms with Gasteiger partial charge in [0.05, 0.1) is 5.69 Å². The molecule has 0 radical (unpaired) electrons. The number of aryl methyl sites for hydroxylation is 1. The molecular weight excluding hydrogens is 150 g/mol. The monoisotopic (exact) mass is 165 g/mol. The Morgan fingerprint density at radius 2 is 2.67 bits per heavy atom. The van der Waals surface area contributed by atoms with Gasteiger partial charge in [0.2, 0.25) is 0 Å². The van der Waals surface area contributed by atoms with E-state index in [1.54, 1.807) is 0 Å². The molecule has 1 aromatic heterocycles. The summed E-state index contributed by atoms with van der Waals surface area (Å²) >= 11 is 0. The third-order valence-corrected chi connectivity index (χ3v) is 2.39. The summed E-state index contributed by atoms with van der Waals surface area (Å²) in [6, 6.07) is 2.76. The number of hydrogen-bond donors (Lipinski definition) is 1. The maximum atomic E-state index is 4.35. The Bertz CT molecular complexity index is 248. The molecule has 1 atom stereocenters. The summed E-state index contributed by atoms with van der Waals surface area (Å²) in [7, 11) is 1.96. The zero-order valence-corrected chi connectivity index (χ0v) is 7.45. The van der Waals surface area contributed by atoms with Gasteiger partial charge in [-0.25, -0.2) is 0 Å². The highest BCUT2D eigenvalue weighted by atomic mass is 15.2. The summed E-state index contributed by atoms with van der Waals surface area (Å²) in [4.78, 5) is 0. The van der Waals surface area contributed by atoms with Crippen LogP contribution >= 0.6 is 0 Å². The van der Waals surface area contributed by atoms with Gasteiger partial charge in [-0.2, -0.15) is 5.10 Å². The van der Waals surface area contributed by atoms with Crippen molar-refractivity contribution in [3.05, 3.63) is 18.0 Å². The Labute approximate surface area is 72.8 Å². The minimum Gasteiger partial charge on any atom is -0.314 e. The van der Waals surface area contributed by atoms with Crippen molar-refractivity contribution in [2.75, 3.05) is 6.54 Å². The minimum atomic E-state index is 0.667. The number of hydrogen-bond acceptors (Lipinski definition) is 2. The summed E-state index contributed by atoms with van der Waals surface area (Å²) in [5.41, 5.74) is 1.21. The normalized spacial score (nSPS) is 23.2. The van der Waals surface area contributed by atoms with E-state index in [1.165, 1.54) is 25.1 Å². The molecule has 1 saturated heterocycles. The highest BCUT2D eigenvalue weighted by Crippen LogP contribution is 2.09. The van der Waals surface area contributed by atoms with Gasteiger partial charge in [-0.15, -0.1) is 0 Å². The molecule has 66 valence electrons. The molecule has 0 saturated carbocycles. The van der Waals surface area contributed by atoms with Crippen molar-refractivity contribution >= 4 is 0 Å². The minimum absolute atomic E-state index is 0.667. The molecule has 1 aromatic rings. The zero-order valence-electron chi connectivity index (χ0n) is 7.45. The van der Waals surface area contributed by atoms with E-state index in [4.69, 9.17) is 0 Å². The summed E-state index contributed by atoms with van der Waals surface area (Å²) in [6.07, 6.45) is 5.71. The van der Waals surface area contributed by atoms with E-state index in [2.05, 4.69) is 16.5 Å². The molecule has 0 aromatic carbocycles. The van der Waals surface area contributed by atoms with Crippen LogP contribution in [0.2, 0.25) is 0 Å². The average Bonchev–Trinajstić information content (AvgIpc) is 2.63. The number of nitrogens with one attached hydrogen (secondary N) is 1.